The minimum absolute atomic E-state index is 0.757. The van der Waals surface area contributed by atoms with Crippen molar-refractivity contribution in [1.82, 2.24) is 14.7 Å². The molecule has 0 aliphatic heterocycles. The Balaban J connectivity index is 2.37. The highest BCUT2D eigenvalue weighted by atomic mass is 15.3. The number of likely N-dealkylation sites (N-methyl/N-ethyl adjacent to an activating group) is 1. The molecule has 92 valence electrons. The second-order valence-electron chi connectivity index (χ2n) is 4.42. The van der Waals surface area contributed by atoms with Gasteiger partial charge in [-0.1, -0.05) is 0 Å². The lowest BCUT2D eigenvalue weighted by molar-refractivity contribution is 0.377. The molecule has 0 aliphatic carbocycles. The lowest BCUT2D eigenvalue weighted by Crippen LogP contribution is -2.18. The Morgan fingerprint density at radius 2 is 2.18 bits per heavy atom. The van der Waals surface area contributed by atoms with Crippen LogP contribution in [0, 0.1) is 0 Å². The number of nitrogens with one attached hydrogen (secondary N) is 1. The summed E-state index contributed by atoms with van der Waals surface area (Å²) in [4.78, 5) is 2.14. The number of hydrogen-bond donors (Lipinski definition) is 2. The molecule has 1 aromatic carbocycles. The summed E-state index contributed by atoms with van der Waals surface area (Å²) in [6.07, 6.45) is 1.86. The van der Waals surface area contributed by atoms with Crippen molar-refractivity contribution in [2.24, 2.45) is 0 Å². The molecule has 1 heterocycles. The third kappa shape index (κ3) is 2.34. The zero-order valence-corrected chi connectivity index (χ0v) is 10.6. The first kappa shape index (κ1) is 11.7. The number of nitrogen functional groups attached to an aromatic ring is 1. The van der Waals surface area contributed by atoms with Crippen LogP contribution in [0.25, 0.3) is 10.9 Å². The van der Waals surface area contributed by atoms with Crippen molar-refractivity contribution in [1.29, 1.82) is 0 Å². The average Bonchev–Trinajstić information content (AvgIpc) is 2.67. The molecule has 0 amide bonds. The average molecular weight is 233 g/mol. The summed E-state index contributed by atoms with van der Waals surface area (Å²) < 4.78 is 2.01. The van der Waals surface area contributed by atoms with Gasteiger partial charge in [-0.15, -0.1) is 0 Å². The maximum Gasteiger partial charge on any atom is 0.0705 e. The Kier molecular flexibility index (Phi) is 3.19. The van der Waals surface area contributed by atoms with Gasteiger partial charge in [0.25, 0.3) is 0 Å². The van der Waals surface area contributed by atoms with Gasteiger partial charge in [0.05, 0.1) is 29.6 Å². The Labute approximate surface area is 101 Å². The number of nitrogens with two attached hydrogens (primary N) is 1. The smallest absolute Gasteiger partial charge is 0.0705 e. The number of hydrogen-bond acceptors (Lipinski definition) is 4. The second-order valence-corrected chi connectivity index (χ2v) is 4.42. The third-order valence-corrected chi connectivity index (χ3v) is 2.84. The number of anilines is 2. The topological polar surface area (TPSA) is 59.1 Å². The van der Waals surface area contributed by atoms with E-state index in [1.54, 1.807) is 0 Å². The van der Waals surface area contributed by atoms with Crippen LogP contribution >= 0.6 is 0 Å². The summed E-state index contributed by atoms with van der Waals surface area (Å²) in [7, 11) is 5.99. The Bertz CT molecular complexity index is 515. The first-order chi connectivity index (χ1) is 8.11. The van der Waals surface area contributed by atoms with E-state index in [0.717, 1.165) is 35.4 Å². The van der Waals surface area contributed by atoms with E-state index < -0.39 is 0 Å². The minimum atomic E-state index is 0.757. The van der Waals surface area contributed by atoms with Crippen molar-refractivity contribution in [3.05, 3.63) is 18.3 Å². The summed E-state index contributed by atoms with van der Waals surface area (Å²) in [6, 6.07) is 4.01. The van der Waals surface area contributed by atoms with E-state index in [9.17, 15) is 0 Å². The molecule has 3 N–H and O–H groups in total. The fraction of sp³-hybridized carbons (Fsp3) is 0.417. The van der Waals surface area contributed by atoms with Crippen LogP contribution in [0.1, 0.15) is 0 Å². The highest BCUT2D eigenvalue weighted by Gasteiger charge is 2.06. The van der Waals surface area contributed by atoms with Crippen LogP contribution in [-0.4, -0.2) is 42.4 Å². The molecule has 0 atom stereocenters. The number of fused-ring (bicyclic) bond motifs is 1. The third-order valence-electron chi connectivity index (χ3n) is 2.84. The lowest BCUT2D eigenvalue weighted by Gasteiger charge is -2.11. The molecule has 0 spiro atoms. The lowest BCUT2D eigenvalue weighted by atomic mass is 10.2. The Morgan fingerprint density at radius 1 is 1.41 bits per heavy atom. The first-order valence-electron chi connectivity index (χ1n) is 5.69. The molecule has 5 heteroatoms. The summed E-state index contributed by atoms with van der Waals surface area (Å²) in [5.41, 5.74) is 8.74. The first-order valence-corrected chi connectivity index (χ1v) is 5.69. The minimum Gasteiger partial charge on any atom is -0.397 e. The van der Waals surface area contributed by atoms with Gasteiger partial charge in [-0.05, 0) is 26.2 Å². The summed E-state index contributed by atoms with van der Waals surface area (Å²) >= 11 is 0. The molecule has 2 rings (SSSR count). The predicted molar refractivity (Wildman–Crippen MR) is 72.2 cm³/mol. The van der Waals surface area contributed by atoms with E-state index in [-0.39, 0.29) is 0 Å². The maximum absolute atomic E-state index is 5.92. The van der Waals surface area contributed by atoms with Crippen molar-refractivity contribution in [3.8, 4) is 0 Å². The van der Waals surface area contributed by atoms with Crippen LogP contribution in [-0.2, 0) is 6.54 Å². The van der Waals surface area contributed by atoms with Gasteiger partial charge in [-0.3, -0.25) is 4.68 Å². The quantitative estimate of drug-likeness (QED) is 0.780. The van der Waals surface area contributed by atoms with Gasteiger partial charge < -0.3 is 16.0 Å². The number of rotatable bonds is 4. The fourth-order valence-electron chi connectivity index (χ4n) is 1.83. The van der Waals surface area contributed by atoms with Crippen molar-refractivity contribution in [2.45, 2.75) is 6.54 Å². The normalized spacial score (nSPS) is 11.3. The Morgan fingerprint density at radius 3 is 2.82 bits per heavy atom. The molecule has 2 aromatic rings. The van der Waals surface area contributed by atoms with Crippen molar-refractivity contribution >= 4 is 22.3 Å². The fourth-order valence-corrected chi connectivity index (χ4v) is 1.83. The molecule has 0 radical (unpaired) electrons. The van der Waals surface area contributed by atoms with Gasteiger partial charge in [-0.25, -0.2) is 0 Å². The summed E-state index contributed by atoms with van der Waals surface area (Å²) in [5, 5.41) is 8.57. The predicted octanol–water partition coefficient (Wildman–Crippen LogP) is 1.22. The molecule has 0 aliphatic rings. The standard InChI is InChI=1S/C12H19N5/c1-14-11-7-12-9(6-10(11)13)8-15-17(12)5-4-16(2)3/h6-8,14H,4-5,13H2,1-3H3. The number of benzene rings is 1. The molecule has 0 saturated heterocycles. The summed E-state index contributed by atoms with van der Waals surface area (Å²) in [5.74, 6) is 0. The van der Waals surface area contributed by atoms with Gasteiger partial charge >= 0.3 is 0 Å². The summed E-state index contributed by atoms with van der Waals surface area (Å²) in [6.45, 7) is 1.85. The van der Waals surface area contributed by atoms with Gasteiger partial charge in [-0.2, -0.15) is 5.10 Å². The molecular formula is C12H19N5. The molecule has 0 bridgehead atoms. The molecule has 0 fully saturated rings. The van der Waals surface area contributed by atoms with Gasteiger partial charge in [0.15, 0.2) is 0 Å². The molecule has 0 saturated carbocycles. The SMILES string of the molecule is CNc1cc2c(cnn2CCN(C)C)cc1N. The number of aromatic nitrogens is 2. The molecule has 17 heavy (non-hydrogen) atoms. The Hall–Kier alpha value is -1.75. The van der Waals surface area contributed by atoms with E-state index in [1.807, 2.05) is 30.1 Å². The maximum atomic E-state index is 5.92. The van der Waals surface area contributed by atoms with Crippen LogP contribution in [0.3, 0.4) is 0 Å². The zero-order chi connectivity index (χ0) is 12.4. The van der Waals surface area contributed by atoms with Crippen molar-refractivity contribution in [2.75, 3.05) is 38.7 Å². The van der Waals surface area contributed by atoms with E-state index in [4.69, 9.17) is 5.73 Å². The van der Waals surface area contributed by atoms with E-state index in [2.05, 4.69) is 29.4 Å². The van der Waals surface area contributed by atoms with Crippen molar-refractivity contribution < 1.29 is 0 Å². The van der Waals surface area contributed by atoms with Gasteiger partial charge in [0.1, 0.15) is 0 Å². The van der Waals surface area contributed by atoms with Crippen LogP contribution in [0.5, 0.6) is 0 Å². The van der Waals surface area contributed by atoms with E-state index >= 15 is 0 Å². The molecule has 0 unspecified atom stereocenters. The highest BCUT2D eigenvalue weighted by Crippen LogP contribution is 2.25. The van der Waals surface area contributed by atoms with Gasteiger partial charge in [0.2, 0.25) is 0 Å². The molecular weight excluding hydrogens is 214 g/mol. The second kappa shape index (κ2) is 4.63. The van der Waals surface area contributed by atoms with Crippen LogP contribution in [0.2, 0.25) is 0 Å². The molecule has 1 aromatic heterocycles. The van der Waals surface area contributed by atoms with Crippen molar-refractivity contribution in [3.63, 3.8) is 0 Å². The van der Waals surface area contributed by atoms with E-state index in [1.165, 1.54) is 0 Å². The zero-order valence-electron chi connectivity index (χ0n) is 10.6. The monoisotopic (exact) mass is 233 g/mol. The van der Waals surface area contributed by atoms with Gasteiger partial charge in [0, 0.05) is 19.0 Å². The molecule has 5 nitrogen and oxygen atoms in total. The van der Waals surface area contributed by atoms with Crippen LogP contribution in [0.4, 0.5) is 11.4 Å². The van der Waals surface area contributed by atoms with Crippen LogP contribution < -0.4 is 11.1 Å². The highest BCUT2D eigenvalue weighted by molar-refractivity contribution is 5.88. The number of nitrogens with zero attached hydrogens (tertiary/aromatic N) is 3. The van der Waals surface area contributed by atoms with Crippen LogP contribution in [0.15, 0.2) is 18.3 Å². The largest absolute Gasteiger partial charge is 0.397 e. The van der Waals surface area contributed by atoms with E-state index in [0.29, 0.717) is 0 Å².